The summed E-state index contributed by atoms with van der Waals surface area (Å²) in [6.45, 7) is 5.15. The van der Waals surface area contributed by atoms with Crippen molar-refractivity contribution >= 4 is 33.2 Å². The number of thiophene rings is 1. The summed E-state index contributed by atoms with van der Waals surface area (Å²) in [5.41, 5.74) is 2.41. The average molecular weight is 389 g/mol. The van der Waals surface area contributed by atoms with E-state index in [2.05, 4.69) is 30.2 Å². The van der Waals surface area contributed by atoms with Crippen molar-refractivity contribution in [3.8, 4) is 0 Å². The molecule has 0 amide bonds. The monoisotopic (exact) mass is 388 g/mol. The molecule has 6 heteroatoms. The Morgan fingerprint density at radius 2 is 2.31 bits per heavy atom. The number of nitrogens with two attached hydrogens (primary N) is 1. The second-order valence-corrected chi connectivity index (χ2v) is 8.86. The van der Waals surface area contributed by atoms with Crippen molar-refractivity contribution in [1.82, 2.24) is 9.97 Å². The van der Waals surface area contributed by atoms with Gasteiger partial charge in [0.15, 0.2) is 5.82 Å². The maximum absolute atomic E-state index is 12.7. The Hall–Kier alpha value is -1.69. The van der Waals surface area contributed by atoms with Gasteiger partial charge in [-0.2, -0.15) is 0 Å². The first kappa shape index (κ1) is 17.7. The highest BCUT2D eigenvalue weighted by molar-refractivity contribution is 7.18. The molecule has 0 saturated carbocycles. The molecular formula is C20H23ClN3OS+. The summed E-state index contributed by atoms with van der Waals surface area (Å²) in [5.74, 6) is 1.44. The molecule has 0 unspecified atom stereocenters. The van der Waals surface area contributed by atoms with Crippen molar-refractivity contribution in [2.24, 2.45) is 5.92 Å². The van der Waals surface area contributed by atoms with E-state index in [4.69, 9.17) is 16.6 Å². The van der Waals surface area contributed by atoms with Crippen molar-refractivity contribution in [1.29, 1.82) is 0 Å². The van der Waals surface area contributed by atoms with Crippen LogP contribution in [0.5, 0.6) is 0 Å². The highest BCUT2D eigenvalue weighted by atomic mass is 35.5. The number of fused-ring (bicyclic) bond motifs is 3. The molecule has 2 aromatic heterocycles. The van der Waals surface area contributed by atoms with E-state index in [0.717, 1.165) is 52.4 Å². The summed E-state index contributed by atoms with van der Waals surface area (Å²) in [5, 5.41) is 3.74. The second kappa shape index (κ2) is 7.14. The third-order valence-corrected chi connectivity index (χ3v) is 6.59. The van der Waals surface area contributed by atoms with Crippen LogP contribution < -0.4 is 10.9 Å². The van der Waals surface area contributed by atoms with Crippen LogP contribution in [0.3, 0.4) is 0 Å². The number of aromatic nitrogens is 2. The molecule has 0 saturated heterocycles. The topological polar surface area (TPSA) is 62.4 Å². The standard InChI is InChI=1S/C20H22ClN3OS/c1-11-6-7-15-16(8-11)26-20-17(15)19(25)23-18(24-20)12(2)22-10-13-4-3-5-14(21)9-13/h3-5,9,11-12,22H,6-8,10H2,1-2H3,(H,23,24,25)/p+1/t11-,12-/m0/s1. The largest absolute Gasteiger partial charge is 0.334 e. The van der Waals surface area contributed by atoms with Crippen LogP contribution in [0.15, 0.2) is 29.1 Å². The molecule has 3 N–H and O–H groups in total. The molecule has 1 aromatic carbocycles. The zero-order valence-electron chi connectivity index (χ0n) is 15.0. The molecule has 26 heavy (non-hydrogen) atoms. The average Bonchev–Trinajstić information content (AvgIpc) is 2.97. The highest BCUT2D eigenvalue weighted by Gasteiger charge is 2.24. The highest BCUT2D eigenvalue weighted by Crippen LogP contribution is 2.35. The molecule has 1 aliphatic carbocycles. The van der Waals surface area contributed by atoms with E-state index in [-0.39, 0.29) is 11.6 Å². The third kappa shape index (κ3) is 3.43. The summed E-state index contributed by atoms with van der Waals surface area (Å²) in [6.07, 6.45) is 3.22. The van der Waals surface area contributed by atoms with Crippen molar-refractivity contribution in [3.05, 3.63) is 61.5 Å². The van der Waals surface area contributed by atoms with E-state index >= 15 is 0 Å². The number of aromatic amines is 1. The predicted octanol–water partition coefficient (Wildman–Crippen LogP) is 3.59. The van der Waals surface area contributed by atoms with Gasteiger partial charge in [-0.3, -0.25) is 4.79 Å². The van der Waals surface area contributed by atoms with Gasteiger partial charge >= 0.3 is 0 Å². The Balaban J connectivity index is 1.59. The molecule has 4 rings (SSSR count). The van der Waals surface area contributed by atoms with Crippen LogP contribution in [0, 0.1) is 5.92 Å². The van der Waals surface area contributed by atoms with Gasteiger partial charge in [0, 0.05) is 15.5 Å². The number of halogens is 1. The molecule has 0 radical (unpaired) electrons. The third-order valence-electron chi connectivity index (χ3n) is 5.21. The van der Waals surface area contributed by atoms with E-state index in [9.17, 15) is 4.79 Å². The number of rotatable bonds is 4. The normalized spacial score (nSPS) is 18.0. The molecular weight excluding hydrogens is 366 g/mol. The summed E-state index contributed by atoms with van der Waals surface area (Å²) in [4.78, 5) is 22.8. The van der Waals surface area contributed by atoms with E-state index in [0.29, 0.717) is 5.92 Å². The van der Waals surface area contributed by atoms with Crippen LogP contribution in [0.4, 0.5) is 0 Å². The van der Waals surface area contributed by atoms with Crippen LogP contribution in [-0.4, -0.2) is 9.97 Å². The first-order valence-corrected chi connectivity index (χ1v) is 10.3. The van der Waals surface area contributed by atoms with Gasteiger partial charge < -0.3 is 10.3 Å². The first-order valence-electron chi connectivity index (χ1n) is 9.13. The zero-order valence-corrected chi connectivity index (χ0v) is 16.6. The van der Waals surface area contributed by atoms with Gasteiger partial charge in [-0.1, -0.05) is 30.7 Å². The lowest BCUT2D eigenvalue weighted by Crippen LogP contribution is -2.83. The molecule has 0 bridgehead atoms. The Morgan fingerprint density at radius 3 is 3.12 bits per heavy atom. The van der Waals surface area contributed by atoms with E-state index < -0.39 is 0 Å². The summed E-state index contributed by atoms with van der Waals surface area (Å²) >= 11 is 7.75. The zero-order chi connectivity index (χ0) is 18.3. The van der Waals surface area contributed by atoms with Crippen LogP contribution in [-0.2, 0) is 19.4 Å². The quantitative estimate of drug-likeness (QED) is 0.717. The fourth-order valence-corrected chi connectivity index (χ4v) is 5.27. The molecule has 2 atom stereocenters. The van der Waals surface area contributed by atoms with Gasteiger partial charge in [0.05, 0.1) is 5.39 Å². The molecule has 3 aromatic rings. The van der Waals surface area contributed by atoms with Crippen LogP contribution in [0.25, 0.3) is 10.2 Å². The fourth-order valence-electron chi connectivity index (χ4n) is 3.67. The number of H-pyrrole nitrogens is 1. The van der Waals surface area contributed by atoms with Crippen molar-refractivity contribution in [2.45, 2.75) is 45.7 Å². The predicted molar refractivity (Wildman–Crippen MR) is 107 cm³/mol. The molecule has 0 aliphatic heterocycles. The summed E-state index contributed by atoms with van der Waals surface area (Å²) in [6, 6.07) is 7.94. The maximum Gasteiger partial charge on any atom is 0.260 e. The lowest BCUT2D eigenvalue weighted by Gasteiger charge is -2.17. The number of aryl methyl sites for hydroxylation is 1. The van der Waals surface area contributed by atoms with Gasteiger partial charge in [-0.25, -0.2) is 4.98 Å². The fraction of sp³-hybridized carbons (Fsp3) is 0.400. The number of nitrogens with one attached hydrogen (secondary N) is 1. The molecule has 136 valence electrons. The Labute approximate surface area is 161 Å². The SMILES string of the molecule is C[C@H]1CCc2c(sc3nc([C@H](C)[NH2+]Cc4cccc(Cl)c4)[nH]c(=O)c23)C1. The lowest BCUT2D eigenvalue weighted by molar-refractivity contribution is -0.709. The molecule has 4 nitrogen and oxygen atoms in total. The lowest BCUT2D eigenvalue weighted by atomic mass is 9.89. The van der Waals surface area contributed by atoms with Crippen molar-refractivity contribution < 1.29 is 5.32 Å². The van der Waals surface area contributed by atoms with Crippen molar-refractivity contribution in [2.75, 3.05) is 0 Å². The minimum atomic E-state index is 0.0139. The van der Waals surface area contributed by atoms with E-state index in [1.54, 1.807) is 11.3 Å². The Kier molecular flexibility index (Phi) is 4.86. The minimum absolute atomic E-state index is 0.0139. The van der Waals surface area contributed by atoms with Gasteiger partial charge in [0.25, 0.3) is 5.56 Å². The van der Waals surface area contributed by atoms with Crippen LogP contribution >= 0.6 is 22.9 Å². The number of quaternary nitrogens is 1. The molecule has 1 aliphatic rings. The van der Waals surface area contributed by atoms with E-state index in [1.165, 1.54) is 10.4 Å². The summed E-state index contributed by atoms with van der Waals surface area (Å²) in [7, 11) is 0. The van der Waals surface area contributed by atoms with Gasteiger partial charge in [0.2, 0.25) is 0 Å². The Bertz CT molecular complexity index is 1010. The number of hydrogen-bond donors (Lipinski definition) is 2. The smallest absolute Gasteiger partial charge is 0.260 e. The number of hydrogen-bond acceptors (Lipinski definition) is 3. The molecule has 2 heterocycles. The number of benzene rings is 1. The molecule has 0 fully saturated rings. The molecule has 0 spiro atoms. The van der Waals surface area contributed by atoms with Crippen LogP contribution in [0.1, 0.15) is 48.1 Å². The van der Waals surface area contributed by atoms with Gasteiger partial charge in [0.1, 0.15) is 17.4 Å². The first-order chi connectivity index (χ1) is 12.5. The number of nitrogens with zero attached hydrogens (tertiary/aromatic N) is 1. The Morgan fingerprint density at radius 1 is 1.46 bits per heavy atom. The summed E-state index contributed by atoms with van der Waals surface area (Å²) < 4.78 is 0. The van der Waals surface area contributed by atoms with E-state index in [1.807, 2.05) is 18.2 Å². The second-order valence-electron chi connectivity index (χ2n) is 7.34. The minimum Gasteiger partial charge on any atom is -0.334 e. The maximum atomic E-state index is 12.7. The van der Waals surface area contributed by atoms with Gasteiger partial charge in [-0.15, -0.1) is 11.3 Å². The van der Waals surface area contributed by atoms with Crippen molar-refractivity contribution in [3.63, 3.8) is 0 Å². The van der Waals surface area contributed by atoms with Crippen LogP contribution in [0.2, 0.25) is 5.02 Å². The van der Waals surface area contributed by atoms with Gasteiger partial charge in [-0.05, 0) is 49.8 Å².